The lowest BCUT2D eigenvalue weighted by atomic mass is 10.4. The summed E-state index contributed by atoms with van der Waals surface area (Å²) in [6.45, 7) is 3.26. The van der Waals surface area contributed by atoms with Crippen LogP contribution in [-0.4, -0.2) is 56.7 Å². The molecule has 0 saturated carbocycles. The van der Waals surface area contributed by atoms with Crippen molar-refractivity contribution in [1.29, 1.82) is 0 Å². The maximum Gasteiger partial charge on any atom is 0.509 e. The third kappa shape index (κ3) is 4.40. The van der Waals surface area contributed by atoms with E-state index in [0.717, 1.165) is 0 Å². The summed E-state index contributed by atoms with van der Waals surface area (Å²) in [6, 6.07) is 0. The van der Waals surface area contributed by atoms with Crippen molar-refractivity contribution >= 4 is 18.1 Å². The lowest BCUT2D eigenvalue weighted by molar-refractivity contribution is -0.151. The first-order valence-corrected chi connectivity index (χ1v) is 6.36. The maximum atomic E-state index is 11.5. The summed E-state index contributed by atoms with van der Waals surface area (Å²) >= 11 is 0. The Hall–Kier alpha value is -2.71. The Morgan fingerprint density at radius 1 is 1.05 bits per heavy atom. The minimum atomic E-state index is -1.04. The maximum absolute atomic E-state index is 11.5. The molecule has 120 valence electrons. The molecule has 0 N–H and O–H groups in total. The highest BCUT2D eigenvalue weighted by Crippen LogP contribution is 2.13. The standard InChI is InChI=1S/C13H14O9/c1-8-19-6-9(21-8)11(14)17-4-2-3-5-18-12(15)10-7-20-13(16)22-10/h2-3,9-10H,1,4-7H2/b3-2+. The third-order valence-corrected chi connectivity index (χ3v) is 2.60. The third-order valence-electron chi connectivity index (χ3n) is 2.60. The fourth-order valence-electron chi connectivity index (χ4n) is 1.54. The number of esters is 2. The molecule has 0 aliphatic carbocycles. The molecule has 9 nitrogen and oxygen atoms in total. The summed E-state index contributed by atoms with van der Waals surface area (Å²) in [4.78, 5) is 33.5. The Bertz CT molecular complexity index is 452. The zero-order chi connectivity index (χ0) is 15.9. The van der Waals surface area contributed by atoms with Crippen molar-refractivity contribution in [2.24, 2.45) is 0 Å². The van der Waals surface area contributed by atoms with Crippen LogP contribution in [0.25, 0.3) is 0 Å². The highest BCUT2D eigenvalue weighted by molar-refractivity contribution is 5.79. The van der Waals surface area contributed by atoms with Gasteiger partial charge in [0.2, 0.25) is 12.2 Å². The first-order valence-electron chi connectivity index (χ1n) is 6.36. The van der Waals surface area contributed by atoms with Gasteiger partial charge in [0.25, 0.3) is 5.95 Å². The van der Waals surface area contributed by atoms with Gasteiger partial charge >= 0.3 is 18.1 Å². The fourth-order valence-corrected chi connectivity index (χ4v) is 1.54. The Morgan fingerprint density at radius 2 is 1.59 bits per heavy atom. The van der Waals surface area contributed by atoms with Gasteiger partial charge in [-0.05, 0) is 18.7 Å². The zero-order valence-corrected chi connectivity index (χ0v) is 11.5. The summed E-state index contributed by atoms with van der Waals surface area (Å²) < 4.78 is 28.5. The second-order valence-corrected chi connectivity index (χ2v) is 4.19. The van der Waals surface area contributed by atoms with Gasteiger partial charge in [-0.25, -0.2) is 14.4 Å². The van der Waals surface area contributed by atoms with E-state index in [1.165, 1.54) is 12.2 Å². The lowest BCUT2D eigenvalue weighted by Gasteiger charge is -2.06. The van der Waals surface area contributed by atoms with E-state index in [1.54, 1.807) is 0 Å². The van der Waals surface area contributed by atoms with Crippen molar-refractivity contribution in [3.63, 3.8) is 0 Å². The van der Waals surface area contributed by atoms with E-state index >= 15 is 0 Å². The summed E-state index contributed by atoms with van der Waals surface area (Å²) in [7, 11) is 0. The second kappa shape index (κ2) is 7.34. The molecule has 9 heteroatoms. The summed E-state index contributed by atoms with van der Waals surface area (Å²) in [5, 5.41) is 0. The minimum Gasteiger partial charge on any atom is -0.461 e. The number of cyclic esters (lactones) is 2. The average molecular weight is 314 g/mol. The second-order valence-electron chi connectivity index (χ2n) is 4.19. The Kier molecular flexibility index (Phi) is 5.23. The van der Waals surface area contributed by atoms with Crippen LogP contribution in [0.1, 0.15) is 0 Å². The van der Waals surface area contributed by atoms with E-state index in [9.17, 15) is 14.4 Å². The van der Waals surface area contributed by atoms with E-state index in [-0.39, 0.29) is 32.4 Å². The van der Waals surface area contributed by atoms with Crippen molar-refractivity contribution < 1.29 is 42.8 Å². The molecule has 0 spiro atoms. The number of carbonyl (C=O) groups is 3. The molecule has 2 aliphatic rings. The average Bonchev–Trinajstić information content (AvgIpc) is 3.11. The van der Waals surface area contributed by atoms with Crippen LogP contribution in [0.3, 0.4) is 0 Å². The summed E-state index contributed by atoms with van der Waals surface area (Å²) in [5.41, 5.74) is 0. The van der Waals surface area contributed by atoms with E-state index in [1.807, 2.05) is 0 Å². The number of hydrogen-bond donors (Lipinski definition) is 0. The highest BCUT2D eigenvalue weighted by Gasteiger charge is 2.32. The molecule has 0 aromatic carbocycles. The first-order chi connectivity index (χ1) is 10.6. The minimum absolute atomic E-state index is 0.00968. The van der Waals surface area contributed by atoms with Crippen molar-refractivity contribution in [2.75, 3.05) is 26.4 Å². The van der Waals surface area contributed by atoms with Gasteiger partial charge < -0.3 is 28.4 Å². The fraction of sp³-hybridized carbons (Fsp3) is 0.462. The van der Waals surface area contributed by atoms with Crippen LogP contribution in [0.4, 0.5) is 4.79 Å². The van der Waals surface area contributed by atoms with Crippen LogP contribution in [0.15, 0.2) is 24.7 Å². The number of rotatable bonds is 6. The largest absolute Gasteiger partial charge is 0.509 e. The highest BCUT2D eigenvalue weighted by atomic mass is 16.8. The lowest BCUT2D eigenvalue weighted by Crippen LogP contribution is -2.25. The van der Waals surface area contributed by atoms with Gasteiger partial charge in [-0.3, -0.25) is 0 Å². The predicted octanol–water partition coefficient (Wildman–Crippen LogP) is 0.0510. The Morgan fingerprint density at radius 3 is 2.05 bits per heavy atom. The van der Waals surface area contributed by atoms with Gasteiger partial charge in [0.05, 0.1) is 0 Å². The van der Waals surface area contributed by atoms with Crippen LogP contribution in [0, 0.1) is 0 Å². The van der Waals surface area contributed by atoms with Crippen LogP contribution in [0.5, 0.6) is 0 Å². The molecule has 0 bridgehead atoms. The number of hydrogen-bond acceptors (Lipinski definition) is 9. The Balaban J connectivity index is 1.56. The van der Waals surface area contributed by atoms with Gasteiger partial charge in [0.15, 0.2) is 0 Å². The van der Waals surface area contributed by atoms with Crippen molar-refractivity contribution in [3.8, 4) is 0 Å². The molecule has 0 aromatic heterocycles. The Labute approximate surface area is 125 Å². The molecule has 0 radical (unpaired) electrons. The number of ether oxygens (including phenoxy) is 6. The normalized spacial score (nSPS) is 23.5. The molecule has 0 amide bonds. The molecular formula is C13H14O9. The molecule has 2 heterocycles. The summed E-state index contributed by atoms with van der Waals surface area (Å²) in [5.74, 6) is -1.20. The van der Waals surface area contributed by atoms with Gasteiger partial charge in [0.1, 0.15) is 26.4 Å². The first kappa shape index (κ1) is 15.7. The summed E-state index contributed by atoms with van der Waals surface area (Å²) in [6.07, 6.45) is 0.230. The van der Waals surface area contributed by atoms with E-state index in [4.69, 9.17) is 18.9 Å². The van der Waals surface area contributed by atoms with Gasteiger partial charge in [-0.1, -0.05) is 0 Å². The van der Waals surface area contributed by atoms with Gasteiger partial charge in [-0.15, -0.1) is 0 Å². The van der Waals surface area contributed by atoms with E-state index < -0.39 is 30.3 Å². The molecule has 2 unspecified atom stereocenters. The quantitative estimate of drug-likeness (QED) is 0.382. The number of carbonyl (C=O) groups excluding carboxylic acids is 3. The van der Waals surface area contributed by atoms with Crippen LogP contribution >= 0.6 is 0 Å². The molecule has 2 aliphatic heterocycles. The molecular weight excluding hydrogens is 300 g/mol. The van der Waals surface area contributed by atoms with Crippen molar-refractivity contribution in [1.82, 2.24) is 0 Å². The van der Waals surface area contributed by atoms with Crippen LogP contribution in [0.2, 0.25) is 0 Å². The molecule has 0 aromatic rings. The monoisotopic (exact) mass is 314 g/mol. The zero-order valence-electron chi connectivity index (χ0n) is 11.5. The predicted molar refractivity (Wildman–Crippen MR) is 67.2 cm³/mol. The molecule has 2 saturated heterocycles. The molecule has 22 heavy (non-hydrogen) atoms. The topological polar surface area (TPSA) is 107 Å². The smallest absolute Gasteiger partial charge is 0.461 e. The van der Waals surface area contributed by atoms with Crippen LogP contribution < -0.4 is 0 Å². The molecule has 2 atom stereocenters. The molecule has 2 fully saturated rings. The van der Waals surface area contributed by atoms with Crippen molar-refractivity contribution in [3.05, 3.63) is 24.7 Å². The molecule has 2 rings (SSSR count). The van der Waals surface area contributed by atoms with Gasteiger partial charge in [0, 0.05) is 0 Å². The van der Waals surface area contributed by atoms with E-state index in [2.05, 4.69) is 16.1 Å². The SMILES string of the molecule is C=C1OCC(C(=O)OC/C=C/COC(=O)C2COC(=O)O2)O1. The van der Waals surface area contributed by atoms with E-state index in [0.29, 0.717) is 0 Å². The van der Waals surface area contributed by atoms with Gasteiger partial charge in [-0.2, -0.15) is 0 Å². The van der Waals surface area contributed by atoms with Crippen LogP contribution in [-0.2, 0) is 38.0 Å². The van der Waals surface area contributed by atoms with Crippen molar-refractivity contribution in [2.45, 2.75) is 12.2 Å².